The molecule has 1 N–H and O–H groups in total. The van der Waals surface area contributed by atoms with Gasteiger partial charge < -0.3 is 5.32 Å². The highest BCUT2D eigenvalue weighted by atomic mass is 19.1. The SMILES string of the molecule is CCCCCCCCCC(NCCC)c1ccc(F)cn1. The number of aromatic nitrogens is 1. The van der Waals surface area contributed by atoms with Crippen molar-refractivity contribution >= 4 is 0 Å². The van der Waals surface area contributed by atoms with E-state index in [1.807, 2.05) is 6.07 Å². The summed E-state index contributed by atoms with van der Waals surface area (Å²) in [6, 6.07) is 3.58. The van der Waals surface area contributed by atoms with Crippen LogP contribution in [0.3, 0.4) is 0 Å². The molecule has 1 heterocycles. The standard InChI is InChI=1S/C18H31FN2/c1-3-5-6-7-8-9-10-11-17(20-14-4-2)18-13-12-16(19)15-21-18/h12-13,15,17,20H,3-11,14H2,1-2H3. The van der Waals surface area contributed by atoms with Gasteiger partial charge in [-0.1, -0.05) is 58.8 Å². The second-order valence-corrected chi connectivity index (χ2v) is 5.82. The lowest BCUT2D eigenvalue weighted by Gasteiger charge is -2.18. The van der Waals surface area contributed by atoms with Gasteiger partial charge in [-0.25, -0.2) is 4.39 Å². The van der Waals surface area contributed by atoms with Crippen molar-refractivity contribution in [2.45, 2.75) is 77.7 Å². The van der Waals surface area contributed by atoms with Gasteiger partial charge in [0.05, 0.1) is 11.9 Å². The third kappa shape index (κ3) is 8.15. The molecule has 1 unspecified atom stereocenters. The number of unbranched alkanes of at least 4 members (excludes halogenated alkanes) is 6. The zero-order chi connectivity index (χ0) is 15.3. The summed E-state index contributed by atoms with van der Waals surface area (Å²) in [7, 11) is 0. The van der Waals surface area contributed by atoms with Crippen molar-refractivity contribution in [2.24, 2.45) is 0 Å². The van der Waals surface area contributed by atoms with E-state index in [2.05, 4.69) is 24.1 Å². The van der Waals surface area contributed by atoms with Crippen LogP contribution in [-0.2, 0) is 0 Å². The Labute approximate surface area is 129 Å². The highest BCUT2D eigenvalue weighted by Crippen LogP contribution is 2.19. The summed E-state index contributed by atoms with van der Waals surface area (Å²) in [6.45, 7) is 5.40. The van der Waals surface area contributed by atoms with Crippen LogP contribution in [-0.4, -0.2) is 11.5 Å². The summed E-state index contributed by atoms with van der Waals surface area (Å²) >= 11 is 0. The average molecular weight is 294 g/mol. The molecule has 120 valence electrons. The first kappa shape index (κ1) is 18.1. The molecule has 0 saturated heterocycles. The fourth-order valence-electron chi connectivity index (χ4n) is 2.57. The van der Waals surface area contributed by atoms with E-state index < -0.39 is 0 Å². The van der Waals surface area contributed by atoms with E-state index in [1.54, 1.807) is 0 Å². The van der Waals surface area contributed by atoms with Gasteiger partial charge >= 0.3 is 0 Å². The summed E-state index contributed by atoms with van der Waals surface area (Å²) in [4.78, 5) is 4.23. The van der Waals surface area contributed by atoms with Gasteiger partial charge in [0.25, 0.3) is 0 Å². The molecule has 0 aromatic carbocycles. The number of nitrogens with zero attached hydrogens (tertiary/aromatic N) is 1. The van der Waals surface area contributed by atoms with Gasteiger partial charge in [-0.2, -0.15) is 0 Å². The molecule has 0 aliphatic heterocycles. The molecule has 1 aromatic rings. The molecule has 0 aliphatic rings. The first-order valence-corrected chi connectivity index (χ1v) is 8.62. The molecular formula is C18H31FN2. The van der Waals surface area contributed by atoms with E-state index in [-0.39, 0.29) is 11.9 Å². The van der Waals surface area contributed by atoms with Crippen LogP contribution in [0.15, 0.2) is 18.3 Å². The Morgan fingerprint density at radius 3 is 2.33 bits per heavy atom. The maximum atomic E-state index is 13.0. The number of hydrogen-bond donors (Lipinski definition) is 1. The van der Waals surface area contributed by atoms with Crippen LogP contribution in [0.25, 0.3) is 0 Å². The maximum absolute atomic E-state index is 13.0. The van der Waals surface area contributed by atoms with Crippen molar-refractivity contribution in [1.29, 1.82) is 0 Å². The molecule has 2 nitrogen and oxygen atoms in total. The third-order valence-corrected chi connectivity index (χ3v) is 3.84. The molecule has 0 aliphatic carbocycles. The molecular weight excluding hydrogens is 263 g/mol. The average Bonchev–Trinajstić information content (AvgIpc) is 2.50. The Morgan fingerprint density at radius 2 is 1.71 bits per heavy atom. The Bertz CT molecular complexity index is 351. The smallest absolute Gasteiger partial charge is 0.141 e. The van der Waals surface area contributed by atoms with Crippen LogP contribution in [0.1, 0.15) is 83.4 Å². The van der Waals surface area contributed by atoms with Crippen LogP contribution in [0.5, 0.6) is 0 Å². The largest absolute Gasteiger partial charge is 0.309 e. The van der Waals surface area contributed by atoms with Gasteiger partial charge in [0.2, 0.25) is 0 Å². The van der Waals surface area contributed by atoms with E-state index in [1.165, 1.54) is 57.2 Å². The minimum absolute atomic E-state index is 0.260. The van der Waals surface area contributed by atoms with Crippen LogP contribution in [0.2, 0.25) is 0 Å². The number of rotatable bonds is 12. The van der Waals surface area contributed by atoms with Crippen molar-refractivity contribution in [3.8, 4) is 0 Å². The molecule has 0 amide bonds. The topological polar surface area (TPSA) is 24.9 Å². The zero-order valence-electron chi connectivity index (χ0n) is 13.7. The Kier molecular flexibility index (Phi) is 10.1. The van der Waals surface area contributed by atoms with Crippen molar-refractivity contribution in [3.05, 3.63) is 29.8 Å². The van der Waals surface area contributed by atoms with Gasteiger partial charge in [-0.05, 0) is 31.5 Å². The van der Waals surface area contributed by atoms with Gasteiger partial charge in [0, 0.05) is 6.04 Å². The fourth-order valence-corrected chi connectivity index (χ4v) is 2.57. The number of pyridine rings is 1. The highest BCUT2D eigenvalue weighted by molar-refractivity contribution is 5.09. The van der Waals surface area contributed by atoms with Crippen LogP contribution in [0, 0.1) is 5.82 Å². The number of halogens is 1. The molecule has 0 saturated carbocycles. The summed E-state index contributed by atoms with van der Waals surface area (Å²) in [5.74, 6) is -0.260. The molecule has 0 radical (unpaired) electrons. The van der Waals surface area contributed by atoms with Crippen molar-refractivity contribution < 1.29 is 4.39 Å². The number of nitrogens with one attached hydrogen (secondary N) is 1. The van der Waals surface area contributed by atoms with Crippen molar-refractivity contribution in [2.75, 3.05) is 6.54 Å². The Balaban J connectivity index is 2.31. The van der Waals surface area contributed by atoms with Crippen LogP contribution >= 0.6 is 0 Å². The van der Waals surface area contributed by atoms with Crippen molar-refractivity contribution in [1.82, 2.24) is 10.3 Å². The lowest BCUT2D eigenvalue weighted by molar-refractivity contribution is 0.456. The van der Waals surface area contributed by atoms with Gasteiger partial charge in [-0.3, -0.25) is 4.98 Å². The molecule has 0 spiro atoms. The Morgan fingerprint density at radius 1 is 1.00 bits per heavy atom. The predicted octanol–water partition coefficient (Wildman–Crippen LogP) is 5.40. The Hall–Kier alpha value is -0.960. The quantitative estimate of drug-likeness (QED) is 0.522. The molecule has 1 atom stereocenters. The lowest BCUT2D eigenvalue weighted by atomic mass is 10.0. The van der Waals surface area contributed by atoms with Crippen LogP contribution in [0.4, 0.5) is 4.39 Å². The zero-order valence-corrected chi connectivity index (χ0v) is 13.7. The molecule has 0 bridgehead atoms. The predicted molar refractivity (Wildman–Crippen MR) is 87.8 cm³/mol. The summed E-state index contributed by atoms with van der Waals surface area (Å²) in [5.41, 5.74) is 0.968. The van der Waals surface area contributed by atoms with Crippen LogP contribution < -0.4 is 5.32 Å². The highest BCUT2D eigenvalue weighted by Gasteiger charge is 2.11. The summed E-state index contributed by atoms with van der Waals surface area (Å²) in [6.07, 6.45) is 12.7. The summed E-state index contributed by atoms with van der Waals surface area (Å²) in [5, 5.41) is 3.53. The van der Waals surface area contributed by atoms with Gasteiger partial charge in [0.1, 0.15) is 5.82 Å². The maximum Gasteiger partial charge on any atom is 0.141 e. The minimum atomic E-state index is -0.260. The van der Waals surface area contributed by atoms with Gasteiger partial charge in [-0.15, -0.1) is 0 Å². The normalized spacial score (nSPS) is 12.5. The lowest BCUT2D eigenvalue weighted by Crippen LogP contribution is -2.23. The third-order valence-electron chi connectivity index (χ3n) is 3.84. The molecule has 3 heteroatoms. The second kappa shape index (κ2) is 11.7. The van der Waals surface area contributed by atoms with E-state index in [0.717, 1.165) is 25.1 Å². The van der Waals surface area contributed by atoms with Gasteiger partial charge in [0.15, 0.2) is 0 Å². The van der Waals surface area contributed by atoms with Crippen molar-refractivity contribution in [3.63, 3.8) is 0 Å². The minimum Gasteiger partial charge on any atom is -0.309 e. The summed E-state index contributed by atoms with van der Waals surface area (Å²) < 4.78 is 13.0. The number of hydrogen-bond acceptors (Lipinski definition) is 2. The van der Waals surface area contributed by atoms with E-state index in [4.69, 9.17) is 0 Å². The monoisotopic (exact) mass is 294 g/mol. The molecule has 0 fully saturated rings. The van der Waals surface area contributed by atoms with E-state index in [0.29, 0.717) is 0 Å². The first-order valence-electron chi connectivity index (χ1n) is 8.62. The van der Waals surface area contributed by atoms with E-state index >= 15 is 0 Å². The fraction of sp³-hybridized carbons (Fsp3) is 0.722. The van der Waals surface area contributed by atoms with E-state index in [9.17, 15) is 4.39 Å². The molecule has 1 aromatic heterocycles. The molecule has 21 heavy (non-hydrogen) atoms. The second-order valence-electron chi connectivity index (χ2n) is 5.82. The first-order chi connectivity index (χ1) is 10.3. The molecule has 1 rings (SSSR count).